The van der Waals surface area contributed by atoms with Crippen LogP contribution in [0.3, 0.4) is 0 Å². The third-order valence-corrected chi connectivity index (χ3v) is 6.73. The van der Waals surface area contributed by atoms with Crippen molar-refractivity contribution in [2.45, 2.75) is 43.3 Å². The topological polar surface area (TPSA) is 0 Å². The smallest absolute Gasteiger partial charge is 0.186 e. The molecular weight excluding hydrogens is 395 g/mol. The van der Waals surface area contributed by atoms with Crippen LogP contribution in [0.15, 0.2) is 91.0 Å². The minimum Gasteiger partial charge on any atom is -0.186 e. The Hall–Kier alpha value is -1.97. The molecule has 150 valence electrons. The van der Waals surface area contributed by atoms with E-state index in [1.807, 2.05) is 18.2 Å². The second kappa shape index (κ2) is 11.3. The van der Waals surface area contributed by atoms with E-state index >= 15 is 0 Å². The molecule has 3 aromatic carbocycles. The van der Waals surface area contributed by atoms with Crippen molar-refractivity contribution in [1.82, 2.24) is 0 Å². The summed E-state index contributed by atoms with van der Waals surface area (Å²) in [6.07, 6.45) is 2.97. The van der Waals surface area contributed by atoms with Gasteiger partial charge in [0.2, 0.25) is 4.45 Å². The van der Waals surface area contributed by atoms with Crippen LogP contribution in [0.5, 0.6) is 0 Å². The molecule has 3 unspecified atom stereocenters. The maximum Gasteiger partial charge on any atom is 0.220 e. The minimum atomic E-state index is -0.485. The summed E-state index contributed by atoms with van der Waals surface area (Å²) in [6, 6.07) is 31.5. The molecule has 29 heavy (non-hydrogen) atoms. The van der Waals surface area contributed by atoms with Crippen LogP contribution < -0.4 is 0 Å². The van der Waals surface area contributed by atoms with Crippen molar-refractivity contribution in [3.63, 3.8) is 0 Å². The van der Waals surface area contributed by atoms with Crippen molar-refractivity contribution in [2.75, 3.05) is 0 Å². The Morgan fingerprint density at radius 1 is 0.724 bits per heavy atom. The van der Waals surface area contributed by atoms with Crippen LogP contribution in [0.1, 0.15) is 60.0 Å². The molecule has 0 aliphatic rings. The number of thiocarbonyl (C=S) groups is 1. The molecule has 0 aliphatic carbocycles. The van der Waals surface area contributed by atoms with Gasteiger partial charge in [-0.1, -0.05) is 110 Å². The summed E-state index contributed by atoms with van der Waals surface area (Å²) in [5.41, 5.74) is 3.82. The molecule has 0 fully saturated rings. The zero-order chi connectivity index (χ0) is 20.5. The fraction of sp³-hybridized carbons (Fsp3) is 0.269. The Bertz CT molecular complexity index is 865. The fourth-order valence-corrected chi connectivity index (χ4v) is 5.18. The highest BCUT2D eigenvalue weighted by Crippen LogP contribution is 2.43. The molecule has 3 heteroatoms. The fourth-order valence-electron chi connectivity index (χ4n) is 3.99. The van der Waals surface area contributed by atoms with E-state index in [-0.39, 0.29) is 5.25 Å². The highest BCUT2D eigenvalue weighted by molar-refractivity contribution is 8.22. The molecular formula is C26H27FS2. The Balaban J connectivity index is 1.89. The summed E-state index contributed by atoms with van der Waals surface area (Å²) in [7, 11) is 0. The number of hydrogen-bond acceptors (Lipinski definition) is 2. The van der Waals surface area contributed by atoms with Crippen molar-refractivity contribution in [1.29, 1.82) is 0 Å². The lowest BCUT2D eigenvalue weighted by molar-refractivity contribution is 0.492. The van der Waals surface area contributed by atoms with E-state index in [9.17, 15) is 4.39 Å². The van der Waals surface area contributed by atoms with Gasteiger partial charge in [-0.2, -0.15) is 4.39 Å². The van der Waals surface area contributed by atoms with Gasteiger partial charge in [-0.25, -0.2) is 0 Å². The quantitative estimate of drug-likeness (QED) is 0.250. The molecule has 0 saturated heterocycles. The lowest BCUT2D eigenvalue weighted by atomic mass is 9.81. The van der Waals surface area contributed by atoms with Crippen LogP contribution in [0.4, 0.5) is 4.39 Å². The summed E-state index contributed by atoms with van der Waals surface area (Å²) < 4.78 is 13.3. The van der Waals surface area contributed by atoms with Crippen molar-refractivity contribution < 1.29 is 4.39 Å². The molecule has 0 saturated carbocycles. The molecule has 3 rings (SSSR count). The lowest BCUT2D eigenvalue weighted by Gasteiger charge is -2.27. The maximum absolute atomic E-state index is 13.8. The van der Waals surface area contributed by atoms with E-state index in [1.54, 1.807) is 0 Å². The van der Waals surface area contributed by atoms with Crippen molar-refractivity contribution in [3.8, 4) is 0 Å². The SMILES string of the molecule is CCC(CC(CC(SC(F)=S)c1ccccc1)c1ccccc1)c1ccccc1. The van der Waals surface area contributed by atoms with Crippen LogP contribution >= 0.6 is 24.0 Å². The standard InChI is InChI=1S/C26H27FS2/c1-2-20(21-12-6-3-7-13-21)18-24(22-14-8-4-9-15-22)19-25(29-26(27)28)23-16-10-5-11-17-23/h3-17,20,24-25H,2,18-19H2,1H3. The number of halogens is 1. The van der Waals surface area contributed by atoms with Gasteiger partial charge in [0.15, 0.2) is 0 Å². The second-order valence-corrected chi connectivity index (χ2v) is 9.13. The van der Waals surface area contributed by atoms with Gasteiger partial charge < -0.3 is 0 Å². The van der Waals surface area contributed by atoms with Crippen molar-refractivity contribution in [2.24, 2.45) is 0 Å². The predicted molar refractivity (Wildman–Crippen MR) is 128 cm³/mol. The summed E-state index contributed by atoms with van der Waals surface area (Å²) in [4.78, 5) is 0. The zero-order valence-corrected chi connectivity index (χ0v) is 18.3. The van der Waals surface area contributed by atoms with Crippen LogP contribution in [0.25, 0.3) is 0 Å². The number of hydrogen-bond donors (Lipinski definition) is 0. The van der Waals surface area contributed by atoms with Crippen LogP contribution in [0, 0.1) is 0 Å². The number of rotatable bonds is 9. The van der Waals surface area contributed by atoms with Gasteiger partial charge in [-0.15, -0.1) is 0 Å². The third-order valence-electron chi connectivity index (χ3n) is 5.51. The summed E-state index contributed by atoms with van der Waals surface area (Å²) in [6.45, 7) is 2.25. The molecule has 0 nitrogen and oxygen atoms in total. The maximum atomic E-state index is 13.8. The van der Waals surface area contributed by atoms with E-state index in [4.69, 9.17) is 12.2 Å². The van der Waals surface area contributed by atoms with Crippen molar-refractivity contribution in [3.05, 3.63) is 108 Å². The highest BCUT2D eigenvalue weighted by atomic mass is 32.2. The van der Waals surface area contributed by atoms with Gasteiger partial charge in [-0.05, 0) is 60.0 Å². The van der Waals surface area contributed by atoms with E-state index in [0.717, 1.165) is 24.8 Å². The third kappa shape index (κ3) is 6.52. The van der Waals surface area contributed by atoms with Gasteiger partial charge >= 0.3 is 0 Å². The van der Waals surface area contributed by atoms with Crippen LogP contribution in [0.2, 0.25) is 0 Å². The molecule has 0 aromatic heterocycles. The first-order chi connectivity index (χ1) is 14.2. The Labute approximate surface area is 183 Å². The first-order valence-electron chi connectivity index (χ1n) is 10.2. The monoisotopic (exact) mass is 422 g/mol. The van der Waals surface area contributed by atoms with Crippen LogP contribution in [-0.2, 0) is 0 Å². The molecule has 0 aliphatic heterocycles. The van der Waals surface area contributed by atoms with E-state index in [0.29, 0.717) is 11.8 Å². The molecule has 3 atom stereocenters. The average Bonchev–Trinajstić information content (AvgIpc) is 2.77. The van der Waals surface area contributed by atoms with Crippen LogP contribution in [-0.4, -0.2) is 4.45 Å². The normalized spacial score (nSPS) is 14.1. The lowest BCUT2D eigenvalue weighted by Crippen LogP contribution is -2.10. The van der Waals surface area contributed by atoms with Gasteiger partial charge in [0, 0.05) is 5.25 Å². The van der Waals surface area contributed by atoms with E-state index < -0.39 is 4.45 Å². The van der Waals surface area contributed by atoms with Gasteiger partial charge in [0.05, 0.1) is 0 Å². The molecule has 0 N–H and O–H groups in total. The highest BCUT2D eigenvalue weighted by Gasteiger charge is 2.24. The van der Waals surface area contributed by atoms with Gasteiger partial charge in [0.25, 0.3) is 0 Å². The number of benzene rings is 3. The first kappa shape index (κ1) is 21.7. The summed E-state index contributed by atoms with van der Waals surface area (Å²) in [5.74, 6) is 0.800. The average molecular weight is 423 g/mol. The molecule has 0 spiro atoms. The Kier molecular flexibility index (Phi) is 8.45. The predicted octanol–water partition coefficient (Wildman–Crippen LogP) is 8.47. The second-order valence-electron chi connectivity index (χ2n) is 7.35. The Morgan fingerprint density at radius 3 is 1.62 bits per heavy atom. The number of thioether (sulfide) groups is 1. The van der Waals surface area contributed by atoms with E-state index in [2.05, 4.69) is 79.7 Å². The minimum absolute atomic E-state index is 0.00665. The Morgan fingerprint density at radius 2 is 1.17 bits per heavy atom. The van der Waals surface area contributed by atoms with Gasteiger partial charge in [0.1, 0.15) is 0 Å². The first-order valence-corrected chi connectivity index (χ1v) is 11.5. The molecule has 0 radical (unpaired) electrons. The van der Waals surface area contributed by atoms with Crippen molar-refractivity contribution >= 4 is 28.4 Å². The molecule has 0 heterocycles. The summed E-state index contributed by atoms with van der Waals surface area (Å²) >= 11 is 6.00. The summed E-state index contributed by atoms with van der Waals surface area (Å²) in [5, 5.41) is 0.00665. The molecule has 0 amide bonds. The molecule has 3 aromatic rings. The molecule has 0 bridgehead atoms. The van der Waals surface area contributed by atoms with Gasteiger partial charge in [-0.3, -0.25) is 0 Å². The van der Waals surface area contributed by atoms with E-state index in [1.165, 1.54) is 22.9 Å². The zero-order valence-electron chi connectivity index (χ0n) is 16.7. The largest absolute Gasteiger partial charge is 0.220 e.